The van der Waals surface area contributed by atoms with Gasteiger partial charge in [-0.25, -0.2) is 9.59 Å². The SMILES string of the molecule is O=COC1=CC23OC24C(=C1)C1=CC=CC2C5=C(OC=O)c6cccc7c6C6(O)C5=C5C8c9c(c%10c3c(OC=O)cc3c(O)c%11c%12c%13c%14c(c9c%12c3%10)C39OC83C6=C3C7=CC6=CC7=C(C(=O)O)C8=C%10C%12=C%15c%16c(ccc%17c%16=C%16C%18=C%19C%20=C%21C(=C%22C%19C%19C%23=C(C9=C3C6(O)C%23C7(O)C%10C%193OC%18%153)C%22%14O)C%13C3=C(CC(O)=CC3%11)C%21(O)CC3=C%20C%16(O)C(C=%17)C(C(=O)O)=C3)C36CC=CC(=C8)C%123O6)C4C53OC123. The zero-order valence-corrected chi connectivity index (χ0v) is 67.9. The molecule has 26 atom stereocenters. The van der Waals surface area contributed by atoms with Crippen molar-refractivity contribution in [3.05, 3.63) is 360 Å². The quantitative estimate of drug-likeness (QED) is 0.0302. The van der Waals surface area contributed by atoms with Gasteiger partial charge in [0.1, 0.15) is 90.2 Å². The fraction of sp³-hybridized carbons (Fsp3) is 0.264. The zero-order valence-electron chi connectivity index (χ0n) is 67.9. The van der Waals surface area contributed by atoms with E-state index in [4.69, 9.17) is 37.9 Å². The standard InChI is InChI=1S/C110H48O23/c111-23-126-31-19-43-39-7-2-8-41-55-77-86-84-62-61-57-50-38(20-46(127-24-112)71-59(50)64(62)92(110(86)104(39,41)131-110)105(43)97(71,22-31)130-105)87(115)51-37-17-30(114)18-44-48(37)56-60(58(51)57)78-82(61)107-85-76-52-34(32-5-1-6-33(88(55)128-25-113)70(32)102(77,125)91(52)109(84,107)133-107)15-29-16-45-49(94(118)119)36-14-28-4-3-11-96-40-10-9-26-13-42-35(93(116)117)12-27-21-95(44,120)72-65(56)73-67-63-66(72)69(27)99(42,122)75-47(26)54(40)81-80(103(28,96)129-96)53(36)90-100(45,123)89(98(29,76)121)68(79(85)101(73,78)124)74(67)108(90)106(81,132-108)83(63)75/h1-10,12-17,19-20,22-25,37,41-42,56,67,74,84,89-90,92,114-115,120-125H,11,18,21H2,(H,116,117)(H,118,119). The smallest absolute Gasteiger partial charge is 0.336 e. The van der Waals surface area contributed by atoms with Gasteiger partial charge in [0.25, 0.3) is 19.4 Å². The lowest BCUT2D eigenvalue weighted by molar-refractivity contribution is -0.146. The van der Waals surface area contributed by atoms with Gasteiger partial charge in [-0.3, -0.25) is 14.4 Å². The van der Waals surface area contributed by atoms with Gasteiger partial charge in [-0.2, -0.15) is 0 Å². The molecule has 133 heavy (non-hydrogen) atoms. The summed E-state index contributed by atoms with van der Waals surface area (Å²) in [5.74, 6) is -14.9. The van der Waals surface area contributed by atoms with Crippen LogP contribution in [0.15, 0.2) is 282 Å². The fourth-order valence-electron chi connectivity index (χ4n) is 41.5. The maximum Gasteiger partial charge on any atom is 0.336 e. The number of phenols is 1. The minimum absolute atomic E-state index is 0.0161. The zero-order chi connectivity index (χ0) is 86.2. The minimum atomic E-state index is -2.64. The lowest BCUT2D eigenvalue weighted by Gasteiger charge is -2.75. The second-order valence-corrected chi connectivity index (χ2v) is 44.9. The molecule has 10 N–H and O–H groups in total. The second-order valence-electron chi connectivity index (χ2n) is 44.9. The van der Waals surface area contributed by atoms with E-state index in [1.165, 1.54) is 0 Å². The van der Waals surface area contributed by atoms with Crippen LogP contribution in [0.5, 0.6) is 11.5 Å². The lowest BCUT2D eigenvalue weighted by Crippen LogP contribution is -2.78. The number of benzene rings is 6. The number of aliphatic hydroxyl groups excluding tert-OH is 1. The Morgan fingerprint density at radius 3 is 2.30 bits per heavy atom. The highest BCUT2D eigenvalue weighted by atomic mass is 16.7. The van der Waals surface area contributed by atoms with Crippen LogP contribution in [0.2, 0.25) is 0 Å². The molecule has 23 heteroatoms. The molecule has 626 valence electrons. The van der Waals surface area contributed by atoms with Crippen molar-refractivity contribution >= 4 is 92.2 Å². The predicted octanol–water partition coefficient (Wildman–Crippen LogP) is 7.71. The molecule has 5 aliphatic heterocycles. The number of epoxide rings is 5. The Morgan fingerprint density at radius 1 is 0.594 bits per heavy atom. The van der Waals surface area contributed by atoms with E-state index in [0.29, 0.717) is 269 Å². The highest BCUT2D eigenvalue weighted by molar-refractivity contribution is 6.34. The highest BCUT2D eigenvalue weighted by Gasteiger charge is 3.05. The number of carbonyl (C=O) groups excluding carboxylic acids is 3. The summed E-state index contributed by atoms with van der Waals surface area (Å²) < 4.78 is 61.9. The number of aliphatic carboxylic acids is 2. The van der Waals surface area contributed by atoms with E-state index in [0.717, 1.165) is 5.56 Å². The number of carbonyl (C=O) groups is 5. The Kier molecular flexibility index (Phi) is 7.55. The number of carboxylic acids is 2. The third-order valence-electron chi connectivity index (χ3n) is 43.2. The summed E-state index contributed by atoms with van der Waals surface area (Å²) in [5.41, 5.74) is -12.6. The van der Waals surface area contributed by atoms with E-state index in [9.17, 15) is 29.7 Å². The van der Waals surface area contributed by atoms with Crippen molar-refractivity contribution in [1.29, 1.82) is 0 Å². The summed E-state index contributed by atoms with van der Waals surface area (Å²) in [7, 11) is 0. The molecule has 26 unspecified atom stereocenters. The summed E-state index contributed by atoms with van der Waals surface area (Å²) in [6.45, 7) is 1.10. The summed E-state index contributed by atoms with van der Waals surface area (Å²) >= 11 is 0. The van der Waals surface area contributed by atoms with Crippen molar-refractivity contribution < 1.29 is 113 Å². The molecule has 5 saturated heterocycles. The number of aliphatic hydroxyl groups is 7. The van der Waals surface area contributed by atoms with E-state index in [1.54, 1.807) is 30.4 Å². The van der Waals surface area contributed by atoms with E-state index in [-0.39, 0.29) is 80.4 Å². The molecule has 8 spiro atoms. The van der Waals surface area contributed by atoms with Gasteiger partial charge in [-0.1, -0.05) is 66.8 Å². The molecule has 5 heterocycles. The van der Waals surface area contributed by atoms with Crippen molar-refractivity contribution in [2.45, 2.75) is 133 Å². The lowest BCUT2D eigenvalue weighted by atomic mass is 9.27. The average molecular weight is 1740 g/mol. The van der Waals surface area contributed by atoms with Gasteiger partial charge in [-0.05, 0) is 214 Å². The number of carboxylic acid groups (broad SMARTS) is 2. The van der Waals surface area contributed by atoms with E-state index < -0.39 is 161 Å². The van der Waals surface area contributed by atoms with Crippen LogP contribution in [0.4, 0.5) is 0 Å². The topological polar surface area (TPSA) is 378 Å². The maximum absolute atomic E-state index is 18.0. The highest BCUT2D eigenvalue weighted by Crippen LogP contribution is 3.02. The van der Waals surface area contributed by atoms with Crippen LogP contribution in [0.3, 0.4) is 0 Å². The number of aromatic hydroxyl groups is 1. The van der Waals surface area contributed by atoms with Crippen LogP contribution in [0.1, 0.15) is 110 Å². The third kappa shape index (κ3) is 4.30. The number of ether oxygens (including phenoxy) is 8. The molecule has 6 aromatic rings. The van der Waals surface area contributed by atoms with Crippen molar-refractivity contribution in [2.75, 3.05) is 0 Å². The number of fused-ring (bicyclic) bond motifs is 5. The molecule has 2 saturated carbocycles. The summed E-state index contributed by atoms with van der Waals surface area (Å²) in [6, 6.07) is 11.4. The van der Waals surface area contributed by atoms with Crippen LogP contribution in [-0.4, -0.2) is 144 Å². The number of hydrogen-bond donors (Lipinski definition) is 10. The van der Waals surface area contributed by atoms with Crippen molar-refractivity contribution in [3.8, 4) is 11.5 Å². The number of hydrogen-bond acceptors (Lipinski definition) is 21. The third-order valence-corrected chi connectivity index (χ3v) is 43.2. The van der Waals surface area contributed by atoms with Gasteiger partial charge in [0.2, 0.25) is 0 Å². The average Bonchev–Trinajstić information content (AvgIpc) is 1.37. The molecule has 33 aliphatic carbocycles. The van der Waals surface area contributed by atoms with Gasteiger partial charge >= 0.3 is 11.9 Å². The van der Waals surface area contributed by atoms with E-state index >= 15 is 45.3 Å². The Bertz CT molecular complexity index is 9570. The molecular formula is C110H48O23. The van der Waals surface area contributed by atoms with Crippen LogP contribution < -0.4 is 15.2 Å². The Morgan fingerprint density at radius 2 is 1.45 bits per heavy atom. The fourth-order valence-corrected chi connectivity index (χ4v) is 41.5. The van der Waals surface area contributed by atoms with Crippen molar-refractivity contribution in [1.82, 2.24) is 0 Å². The summed E-state index contributed by atoms with van der Waals surface area (Å²) in [5, 5.41) is 159. The van der Waals surface area contributed by atoms with Crippen LogP contribution >= 0.6 is 0 Å². The van der Waals surface area contributed by atoms with Crippen molar-refractivity contribution in [2.24, 2.45) is 35.5 Å². The normalized spacial score (nSPS) is 47.9. The molecule has 0 radical (unpaired) electrons. The summed E-state index contributed by atoms with van der Waals surface area (Å²) in [4.78, 5) is 72.7. The number of rotatable bonds is 8. The van der Waals surface area contributed by atoms with Gasteiger partial charge in [-0.15, -0.1) is 0 Å². The monoisotopic (exact) mass is 1740 g/mol. The van der Waals surface area contributed by atoms with Crippen LogP contribution in [0, 0.1) is 35.5 Å². The molecule has 0 amide bonds. The van der Waals surface area contributed by atoms with Gasteiger partial charge in [0, 0.05) is 177 Å². The maximum atomic E-state index is 18.0. The Hall–Kier alpha value is -13.4. The molecule has 0 bridgehead atoms. The minimum Gasteiger partial charge on any atom is -0.512 e. The summed E-state index contributed by atoms with van der Waals surface area (Å²) in [6.07, 6.45) is 24.2. The Labute approximate surface area is 740 Å². The first-order valence-corrected chi connectivity index (χ1v) is 46.3. The van der Waals surface area contributed by atoms with Gasteiger partial charge < -0.3 is 89.0 Å². The molecule has 38 aliphatic rings. The largest absolute Gasteiger partial charge is 0.512 e. The first-order valence-electron chi connectivity index (χ1n) is 46.3. The molecule has 6 aromatic carbocycles. The molecule has 0 aromatic heterocycles. The van der Waals surface area contributed by atoms with Crippen LogP contribution in [-0.2, 0) is 85.1 Å². The number of allylic oxidation sites excluding steroid dienone is 10. The molecule has 23 nitrogen and oxygen atoms in total. The molecular weight excluding hydrogens is 1690 g/mol. The molecule has 7 fully saturated rings. The number of phenolic OH excluding ortho intramolecular Hbond substituents is 1. The van der Waals surface area contributed by atoms with Crippen molar-refractivity contribution in [3.63, 3.8) is 0 Å². The predicted molar refractivity (Wildman–Crippen MR) is 448 cm³/mol. The first-order chi connectivity index (χ1) is 64.4. The Balaban J connectivity index is 0.768. The van der Waals surface area contributed by atoms with Gasteiger partial charge in [0.05, 0.1) is 29.1 Å². The second kappa shape index (κ2) is 15.8. The van der Waals surface area contributed by atoms with Crippen LogP contribution in [0.25, 0.3) is 60.9 Å². The van der Waals surface area contributed by atoms with Gasteiger partial charge in [0.15, 0.2) is 22.4 Å². The van der Waals surface area contributed by atoms with E-state index in [1.807, 2.05) is 72.9 Å². The van der Waals surface area contributed by atoms with E-state index in [2.05, 4.69) is 12.1 Å². The first kappa shape index (κ1) is 63.7. The molecule has 44 rings (SSSR count).